The predicted octanol–water partition coefficient (Wildman–Crippen LogP) is 2.79. The van der Waals surface area contributed by atoms with Crippen LogP contribution in [0.2, 0.25) is 0 Å². The third-order valence-corrected chi connectivity index (χ3v) is 1.32. The maximum Gasteiger partial charge on any atom is 0.194 e. The molecule has 1 nitrogen and oxygen atoms in total. The summed E-state index contributed by atoms with van der Waals surface area (Å²) in [6.45, 7) is 3.49. The highest BCUT2D eigenvalue weighted by atomic mass is 19.2. The maximum atomic E-state index is 12.7. The molecule has 1 N–H and O–H groups in total. The van der Waals surface area contributed by atoms with Gasteiger partial charge < -0.3 is 5.32 Å². The third kappa shape index (κ3) is 4.52. The lowest BCUT2D eigenvalue weighted by molar-refractivity contribution is 0.501. The van der Waals surface area contributed by atoms with E-state index in [9.17, 15) is 13.2 Å². The van der Waals surface area contributed by atoms with Crippen LogP contribution in [-0.2, 0) is 0 Å². The van der Waals surface area contributed by atoms with E-state index in [0.29, 0.717) is 19.0 Å². The van der Waals surface area contributed by atoms with Crippen molar-refractivity contribution >= 4 is 0 Å². The molecule has 0 aromatic carbocycles. The summed E-state index contributed by atoms with van der Waals surface area (Å²) < 4.78 is 37.6. The molecule has 0 aromatic heterocycles. The monoisotopic (exact) mass is 191 g/mol. The fourth-order valence-electron chi connectivity index (χ4n) is 0.637. The second-order valence-electron chi connectivity index (χ2n) is 2.31. The van der Waals surface area contributed by atoms with Crippen molar-refractivity contribution in [3.05, 3.63) is 36.2 Å². The van der Waals surface area contributed by atoms with E-state index >= 15 is 0 Å². The van der Waals surface area contributed by atoms with Crippen molar-refractivity contribution in [1.29, 1.82) is 0 Å². The second kappa shape index (κ2) is 6.48. The zero-order chi connectivity index (χ0) is 10.3. The van der Waals surface area contributed by atoms with Crippen LogP contribution in [0.4, 0.5) is 13.2 Å². The molecule has 0 amide bonds. The minimum Gasteiger partial charge on any atom is -0.319 e. The molecule has 0 unspecified atom stereocenters. The van der Waals surface area contributed by atoms with Crippen molar-refractivity contribution in [3.63, 3.8) is 0 Å². The molecule has 0 spiro atoms. The van der Waals surface area contributed by atoms with Crippen LogP contribution in [0.3, 0.4) is 0 Å². The average molecular weight is 191 g/mol. The molecule has 0 heterocycles. The molecular formula is C9H12F3N. The van der Waals surface area contributed by atoms with E-state index in [1.165, 1.54) is 0 Å². The Labute approximate surface area is 75.6 Å². The first-order valence-electron chi connectivity index (χ1n) is 3.81. The SMILES string of the molecule is C=C/C(F)=C(F)\C(F)=C/CCNC. The molecule has 0 aromatic rings. The number of halogens is 3. The minimum absolute atomic E-state index is 0.306. The molecule has 0 bridgehead atoms. The van der Waals surface area contributed by atoms with Gasteiger partial charge in [0.2, 0.25) is 0 Å². The predicted molar refractivity (Wildman–Crippen MR) is 47.2 cm³/mol. The summed E-state index contributed by atoms with van der Waals surface area (Å²) in [7, 11) is 1.68. The standard InChI is InChI=1S/C9H12F3N/c1-3-7(10)9(12)8(11)5-4-6-13-2/h3,5,13H,1,4,6H2,2H3/b8-5+,9-7-. The lowest BCUT2D eigenvalue weighted by atomic mass is 10.3. The second-order valence-corrected chi connectivity index (χ2v) is 2.31. The van der Waals surface area contributed by atoms with Gasteiger partial charge in [-0.1, -0.05) is 6.58 Å². The Bertz CT molecular complexity index is 231. The van der Waals surface area contributed by atoms with Crippen LogP contribution in [0.15, 0.2) is 36.2 Å². The third-order valence-electron chi connectivity index (χ3n) is 1.32. The van der Waals surface area contributed by atoms with Gasteiger partial charge in [0.1, 0.15) is 0 Å². The molecule has 0 saturated heterocycles. The van der Waals surface area contributed by atoms with Crippen LogP contribution in [0.1, 0.15) is 6.42 Å². The smallest absolute Gasteiger partial charge is 0.194 e. The molecule has 0 rings (SSSR count). The Morgan fingerprint density at radius 1 is 1.38 bits per heavy atom. The molecule has 74 valence electrons. The number of nitrogens with one attached hydrogen (secondary N) is 1. The van der Waals surface area contributed by atoms with Crippen LogP contribution < -0.4 is 5.32 Å². The van der Waals surface area contributed by atoms with Crippen LogP contribution in [0.25, 0.3) is 0 Å². The number of hydrogen-bond acceptors (Lipinski definition) is 1. The maximum absolute atomic E-state index is 12.7. The van der Waals surface area contributed by atoms with E-state index in [-0.39, 0.29) is 0 Å². The molecule has 0 atom stereocenters. The molecule has 0 aliphatic carbocycles. The quantitative estimate of drug-likeness (QED) is 0.520. The van der Waals surface area contributed by atoms with Crippen molar-refractivity contribution in [3.8, 4) is 0 Å². The van der Waals surface area contributed by atoms with Gasteiger partial charge in [-0.25, -0.2) is 13.2 Å². The molecule has 0 saturated carbocycles. The Morgan fingerprint density at radius 2 is 2.00 bits per heavy atom. The highest BCUT2D eigenvalue weighted by Gasteiger charge is 2.07. The van der Waals surface area contributed by atoms with Crippen LogP contribution in [0.5, 0.6) is 0 Å². The van der Waals surface area contributed by atoms with Crippen molar-refractivity contribution < 1.29 is 13.2 Å². The van der Waals surface area contributed by atoms with Gasteiger partial charge in [0, 0.05) is 0 Å². The first kappa shape index (κ1) is 12.0. The van der Waals surface area contributed by atoms with E-state index in [1.807, 2.05) is 0 Å². The van der Waals surface area contributed by atoms with E-state index in [4.69, 9.17) is 0 Å². The molecule has 0 aliphatic heterocycles. The average Bonchev–Trinajstić information content (AvgIpc) is 2.15. The van der Waals surface area contributed by atoms with Gasteiger partial charge in [-0.3, -0.25) is 0 Å². The van der Waals surface area contributed by atoms with E-state index in [0.717, 1.165) is 6.08 Å². The zero-order valence-corrected chi connectivity index (χ0v) is 7.41. The van der Waals surface area contributed by atoms with Crippen LogP contribution in [-0.4, -0.2) is 13.6 Å². The summed E-state index contributed by atoms with van der Waals surface area (Å²) in [6.07, 6.45) is 1.91. The fraction of sp³-hybridized carbons (Fsp3) is 0.333. The van der Waals surface area contributed by atoms with Crippen LogP contribution >= 0.6 is 0 Å². The first-order chi connectivity index (χ1) is 6.13. The number of rotatable bonds is 5. The van der Waals surface area contributed by atoms with Gasteiger partial charge in [-0.15, -0.1) is 0 Å². The molecule has 13 heavy (non-hydrogen) atoms. The number of allylic oxidation sites excluding steroid dienone is 4. The lowest BCUT2D eigenvalue weighted by Crippen LogP contribution is -2.06. The van der Waals surface area contributed by atoms with Gasteiger partial charge in [-0.2, -0.15) is 0 Å². The summed E-state index contributed by atoms with van der Waals surface area (Å²) in [6, 6.07) is 0. The van der Waals surface area contributed by atoms with Crippen molar-refractivity contribution in [2.45, 2.75) is 6.42 Å². The Hall–Kier alpha value is -1.03. The van der Waals surface area contributed by atoms with Gasteiger partial charge in [-0.05, 0) is 32.2 Å². The van der Waals surface area contributed by atoms with Gasteiger partial charge in [0.05, 0.1) is 0 Å². The first-order valence-corrected chi connectivity index (χ1v) is 3.81. The lowest BCUT2D eigenvalue weighted by Gasteiger charge is -1.95. The zero-order valence-electron chi connectivity index (χ0n) is 7.41. The van der Waals surface area contributed by atoms with Crippen molar-refractivity contribution in [2.24, 2.45) is 0 Å². The Balaban J connectivity index is 4.32. The van der Waals surface area contributed by atoms with Crippen LogP contribution in [0, 0.1) is 0 Å². The summed E-state index contributed by atoms with van der Waals surface area (Å²) in [5.41, 5.74) is 0. The molecule has 0 radical (unpaired) electrons. The molecule has 0 aliphatic rings. The van der Waals surface area contributed by atoms with Gasteiger partial charge in [0.25, 0.3) is 0 Å². The highest BCUT2D eigenvalue weighted by molar-refractivity contribution is 5.26. The Kier molecular flexibility index (Phi) is 5.97. The van der Waals surface area contributed by atoms with E-state index < -0.39 is 17.5 Å². The topological polar surface area (TPSA) is 12.0 Å². The molecule has 0 fully saturated rings. The minimum atomic E-state index is -1.49. The molecule has 4 heteroatoms. The van der Waals surface area contributed by atoms with Gasteiger partial charge >= 0.3 is 0 Å². The van der Waals surface area contributed by atoms with E-state index in [2.05, 4.69) is 11.9 Å². The largest absolute Gasteiger partial charge is 0.319 e. The van der Waals surface area contributed by atoms with Crippen molar-refractivity contribution in [1.82, 2.24) is 5.32 Å². The van der Waals surface area contributed by atoms with E-state index in [1.54, 1.807) is 7.05 Å². The highest BCUT2D eigenvalue weighted by Crippen LogP contribution is 2.19. The summed E-state index contributed by atoms with van der Waals surface area (Å²) >= 11 is 0. The number of hydrogen-bond donors (Lipinski definition) is 1. The molecular weight excluding hydrogens is 179 g/mol. The van der Waals surface area contributed by atoms with Crippen molar-refractivity contribution in [2.75, 3.05) is 13.6 Å². The Morgan fingerprint density at radius 3 is 2.46 bits per heavy atom. The summed E-state index contributed by atoms with van der Waals surface area (Å²) in [5, 5.41) is 2.74. The fourth-order valence-corrected chi connectivity index (χ4v) is 0.637. The summed E-state index contributed by atoms with van der Waals surface area (Å²) in [5.74, 6) is -3.96. The summed E-state index contributed by atoms with van der Waals surface area (Å²) in [4.78, 5) is 0. The van der Waals surface area contributed by atoms with Gasteiger partial charge in [0.15, 0.2) is 17.5 Å². The normalized spacial score (nSPS) is 14.0.